The number of nitrogens with zero attached hydrogens (tertiary/aromatic N) is 1. The Kier molecular flexibility index (Phi) is 4.40. The number of nitrogens with one attached hydrogen (secondary N) is 2. The lowest BCUT2D eigenvalue weighted by Gasteiger charge is -2.25. The van der Waals surface area contributed by atoms with Crippen LogP contribution in [0.3, 0.4) is 0 Å². The van der Waals surface area contributed by atoms with E-state index < -0.39 is 0 Å². The summed E-state index contributed by atoms with van der Waals surface area (Å²) in [5, 5.41) is 6.37. The normalized spacial score (nSPS) is 24.6. The zero-order valence-electron chi connectivity index (χ0n) is 11.0. The molecule has 0 spiro atoms. The highest BCUT2D eigenvalue weighted by Gasteiger charge is 2.26. The molecule has 1 saturated carbocycles. The lowest BCUT2D eigenvalue weighted by atomic mass is 10.2. The molecule has 2 rings (SSSR count). The average molecular weight is 239 g/mol. The number of carbonyl (C=O) groups is 1. The lowest BCUT2D eigenvalue weighted by molar-refractivity contribution is -0.122. The summed E-state index contributed by atoms with van der Waals surface area (Å²) >= 11 is 0. The van der Waals surface area contributed by atoms with Crippen molar-refractivity contribution in [1.29, 1.82) is 0 Å². The number of likely N-dealkylation sites (tertiary alicyclic amines) is 1. The minimum absolute atomic E-state index is 0.0688. The Morgan fingerprint density at radius 1 is 1.29 bits per heavy atom. The first-order chi connectivity index (χ1) is 8.16. The van der Waals surface area contributed by atoms with E-state index in [1.165, 1.54) is 25.9 Å². The maximum absolute atomic E-state index is 11.7. The maximum atomic E-state index is 11.7. The summed E-state index contributed by atoms with van der Waals surface area (Å²) in [4.78, 5) is 14.2. The highest BCUT2D eigenvalue weighted by molar-refractivity contribution is 5.81. The van der Waals surface area contributed by atoms with Crippen LogP contribution in [0.15, 0.2) is 0 Å². The zero-order chi connectivity index (χ0) is 12.3. The summed E-state index contributed by atoms with van der Waals surface area (Å²) in [7, 11) is 0. The van der Waals surface area contributed by atoms with Gasteiger partial charge in [0, 0.05) is 18.6 Å². The Morgan fingerprint density at radius 3 is 2.53 bits per heavy atom. The molecule has 0 aromatic rings. The van der Waals surface area contributed by atoms with Gasteiger partial charge in [-0.15, -0.1) is 0 Å². The van der Waals surface area contributed by atoms with Crippen LogP contribution in [0.4, 0.5) is 0 Å². The second kappa shape index (κ2) is 5.83. The van der Waals surface area contributed by atoms with Crippen molar-refractivity contribution in [2.75, 3.05) is 19.6 Å². The fraction of sp³-hybridized carbons (Fsp3) is 0.923. The standard InChI is InChI=1S/C13H25N3O/c1-10(16-7-3-4-8-16)9-14-11(2)13(17)15-12-5-6-12/h10-12,14H,3-9H2,1-2H3,(H,15,17). The molecule has 17 heavy (non-hydrogen) atoms. The molecule has 98 valence electrons. The van der Waals surface area contributed by atoms with Gasteiger partial charge in [0.2, 0.25) is 5.91 Å². The van der Waals surface area contributed by atoms with Crippen molar-refractivity contribution in [2.24, 2.45) is 0 Å². The predicted octanol–water partition coefficient (Wildman–Crippen LogP) is 0.727. The second-order valence-corrected chi connectivity index (χ2v) is 5.50. The van der Waals surface area contributed by atoms with Crippen molar-refractivity contribution in [3.05, 3.63) is 0 Å². The Morgan fingerprint density at radius 2 is 1.94 bits per heavy atom. The third kappa shape index (κ3) is 3.96. The van der Waals surface area contributed by atoms with E-state index in [0.29, 0.717) is 12.1 Å². The number of rotatable bonds is 6. The molecule has 0 aromatic heterocycles. The Hall–Kier alpha value is -0.610. The average Bonchev–Trinajstić information content (AvgIpc) is 2.96. The van der Waals surface area contributed by atoms with E-state index in [2.05, 4.69) is 22.5 Å². The maximum Gasteiger partial charge on any atom is 0.237 e. The smallest absolute Gasteiger partial charge is 0.237 e. The van der Waals surface area contributed by atoms with E-state index in [9.17, 15) is 4.79 Å². The molecule has 1 aliphatic carbocycles. The van der Waals surface area contributed by atoms with Crippen molar-refractivity contribution in [3.63, 3.8) is 0 Å². The molecule has 1 amide bonds. The van der Waals surface area contributed by atoms with Crippen LogP contribution < -0.4 is 10.6 Å². The first kappa shape index (κ1) is 12.8. The third-order valence-corrected chi connectivity index (χ3v) is 3.80. The third-order valence-electron chi connectivity index (χ3n) is 3.80. The van der Waals surface area contributed by atoms with Gasteiger partial charge >= 0.3 is 0 Å². The number of hydrogen-bond donors (Lipinski definition) is 2. The van der Waals surface area contributed by atoms with Crippen LogP contribution in [0, 0.1) is 0 Å². The number of carbonyl (C=O) groups excluding carboxylic acids is 1. The first-order valence-corrected chi connectivity index (χ1v) is 6.94. The van der Waals surface area contributed by atoms with E-state index >= 15 is 0 Å². The largest absolute Gasteiger partial charge is 0.352 e. The molecule has 0 radical (unpaired) electrons. The van der Waals surface area contributed by atoms with Gasteiger partial charge in [-0.2, -0.15) is 0 Å². The van der Waals surface area contributed by atoms with Gasteiger partial charge in [-0.05, 0) is 52.6 Å². The van der Waals surface area contributed by atoms with Crippen LogP contribution >= 0.6 is 0 Å². The van der Waals surface area contributed by atoms with Crippen LogP contribution in [0.2, 0.25) is 0 Å². The molecular formula is C13H25N3O. The van der Waals surface area contributed by atoms with Gasteiger partial charge in [-0.25, -0.2) is 0 Å². The van der Waals surface area contributed by atoms with Gasteiger partial charge in [0.15, 0.2) is 0 Å². The summed E-state index contributed by atoms with van der Waals surface area (Å²) in [6.07, 6.45) is 4.95. The molecule has 2 fully saturated rings. The molecule has 2 N–H and O–H groups in total. The monoisotopic (exact) mass is 239 g/mol. The molecule has 4 nitrogen and oxygen atoms in total. The number of hydrogen-bond acceptors (Lipinski definition) is 3. The van der Waals surface area contributed by atoms with E-state index in [1.54, 1.807) is 0 Å². The zero-order valence-corrected chi connectivity index (χ0v) is 11.0. The van der Waals surface area contributed by atoms with Gasteiger partial charge in [0.1, 0.15) is 0 Å². The molecule has 4 heteroatoms. The first-order valence-electron chi connectivity index (χ1n) is 6.94. The van der Waals surface area contributed by atoms with E-state index in [0.717, 1.165) is 19.4 Å². The molecule has 1 heterocycles. The molecule has 2 unspecified atom stereocenters. The molecular weight excluding hydrogens is 214 g/mol. The van der Waals surface area contributed by atoms with E-state index in [4.69, 9.17) is 0 Å². The topological polar surface area (TPSA) is 44.4 Å². The van der Waals surface area contributed by atoms with Gasteiger partial charge in [0.05, 0.1) is 6.04 Å². The van der Waals surface area contributed by atoms with Crippen molar-refractivity contribution >= 4 is 5.91 Å². The van der Waals surface area contributed by atoms with Crippen LogP contribution in [-0.4, -0.2) is 48.6 Å². The van der Waals surface area contributed by atoms with Gasteiger partial charge in [-0.1, -0.05) is 0 Å². The van der Waals surface area contributed by atoms with Crippen LogP contribution in [-0.2, 0) is 4.79 Å². The van der Waals surface area contributed by atoms with Crippen molar-refractivity contribution in [2.45, 2.75) is 57.7 Å². The molecule has 2 atom stereocenters. The van der Waals surface area contributed by atoms with Crippen LogP contribution in [0.5, 0.6) is 0 Å². The summed E-state index contributed by atoms with van der Waals surface area (Å²) in [5.74, 6) is 0.154. The van der Waals surface area contributed by atoms with Gasteiger partial charge in [-0.3, -0.25) is 9.69 Å². The fourth-order valence-electron chi connectivity index (χ4n) is 2.31. The predicted molar refractivity (Wildman–Crippen MR) is 68.9 cm³/mol. The molecule has 0 bridgehead atoms. The second-order valence-electron chi connectivity index (χ2n) is 5.50. The van der Waals surface area contributed by atoms with Gasteiger partial charge < -0.3 is 10.6 Å². The quantitative estimate of drug-likeness (QED) is 0.718. The Labute approximate surface area is 104 Å². The lowest BCUT2D eigenvalue weighted by Crippen LogP contribution is -2.47. The summed E-state index contributed by atoms with van der Waals surface area (Å²) in [6.45, 7) is 7.52. The highest BCUT2D eigenvalue weighted by atomic mass is 16.2. The van der Waals surface area contributed by atoms with Crippen molar-refractivity contribution < 1.29 is 4.79 Å². The number of amides is 1. The Bertz CT molecular complexity index is 259. The van der Waals surface area contributed by atoms with E-state index in [1.807, 2.05) is 6.92 Å². The molecule has 1 aliphatic heterocycles. The molecule has 0 aromatic carbocycles. The van der Waals surface area contributed by atoms with E-state index in [-0.39, 0.29) is 11.9 Å². The van der Waals surface area contributed by atoms with Crippen molar-refractivity contribution in [1.82, 2.24) is 15.5 Å². The summed E-state index contributed by atoms with van der Waals surface area (Å²) in [5.41, 5.74) is 0. The molecule has 2 aliphatic rings. The van der Waals surface area contributed by atoms with Crippen LogP contribution in [0.1, 0.15) is 39.5 Å². The van der Waals surface area contributed by atoms with Crippen molar-refractivity contribution in [3.8, 4) is 0 Å². The highest BCUT2D eigenvalue weighted by Crippen LogP contribution is 2.18. The molecule has 1 saturated heterocycles. The SMILES string of the molecule is CC(NCC(C)N1CCCC1)C(=O)NC1CC1. The minimum atomic E-state index is -0.0688. The fourth-order valence-corrected chi connectivity index (χ4v) is 2.31. The minimum Gasteiger partial charge on any atom is -0.352 e. The van der Waals surface area contributed by atoms with Crippen LogP contribution in [0.25, 0.3) is 0 Å². The summed E-state index contributed by atoms with van der Waals surface area (Å²) < 4.78 is 0. The van der Waals surface area contributed by atoms with Gasteiger partial charge in [0.25, 0.3) is 0 Å². The summed E-state index contributed by atoms with van der Waals surface area (Å²) in [6, 6.07) is 0.928. The Balaban J connectivity index is 1.63.